The molecule has 2 rings (SSSR count). The van der Waals surface area contributed by atoms with E-state index in [2.05, 4.69) is 5.32 Å². The molecule has 33 heavy (non-hydrogen) atoms. The summed E-state index contributed by atoms with van der Waals surface area (Å²) in [6.45, 7) is 3.81. The van der Waals surface area contributed by atoms with Gasteiger partial charge in [-0.2, -0.15) is 0 Å². The lowest BCUT2D eigenvalue weighted by atomic mass is 10.1. The molecule has 2 aromatic carbocycles. The molecule has 0 saturated carbocycles. The third-order valence-corrected chi connectivity index (χ3v) is 6.35. The van der Waals surface area contributed by atoms with Crippen molar-refractivity contribution in [3.63, 3.8) is 0 Å². The van der Waals surface area contributed by atoms with Crippen LogP contribution in [0.2, 0.25) is 0 Å². The molecule has 7 nitrogen and oxygen atoms in total. The molecule has 0 fully saturated rings. The van der Waals surface area contributed by atoms with E-state index in [9.17, 15) is 22.4 Å². The second kappa shape index (κ2) is 12.3. The summed E-state index contributed by atoms with van der Waals surface area (Å²) in [5.74, 6) is -1.62. The Morgan fingerprint density at radius 3 is 2.24 bits per heavy atom. The van der Waals surface area contributed by atoms with E-state index in [-0.39, 0.29) is 18.1 Å². The summed E-state index contributed by atoms with van der Waals surface area (Å²) in [4.78, 5) is 27.6. The molecule has 0 radical (unpaired) electrons. The third kappa shape index (κ3) is 7.56. The first kappa shape index (κ1) is 26.3. The predicted octanol–water partition coefficient (Wildman–Crippen LogP) is 2.97. The molecule has 9 heteroatoms. The lowest BCUT2D eigenvalue weighted by molar-refractivity contribution is -0.139. The van der Waals surface area contributed by atoms with Crippen LogP contribution in [0.3, 0.4) is 0 Å². The third-order valence-electron chi connectivity index (χ3n) is 5.22. The highest BCUT2D eigenvalue weighted by atomic mass is 32.2. The normalized spacial score (nSPS) is 12.1. The summed E-state index contributed by atoms with van der Waals surface area (Å²) in [5.41, 5.74) is 0.771. The zero-order valence-electron chi connectivity index (χ0n) is 19.3. The number of hydrogen-bond donors (Lipinski definition) is 1. The number of amides is 2. The molecule has 2 amide bonds. The standard InChI is InChI=1S/C24H32FN3O4S/c1-4-16-26-24(30)21(5-2)27(17-15-19-11-7-6-8-12-19)23(29)18-28(33(3,31)32)22-14-10-9-13-20(22)25/h6-14,21H,4-5,15-18H2,1-3H3,(H,26,30). The van der Waals surface area contributed by atoms with Gasteiger partial charge >= 0.3 is 0 Å². The molecule has 180 valence electrons. The van der Waals surface area contributed by atoms with Crippen LogP contribution in [0.4, 0.5) is 10.1 Å². The van der Waals surface area contributed by atoms with Crippen LogP contribution >= 0.6 is 0 Å². The van der Waals surface area contributed by atoms with Crippen molar-refractivity contribution in [3.05, 3.63) is 66.0 Å². The molecule has 2 aromatic rings. The molecule has 0 bridgehead atoms. The van der Waals surface area contributed by atoms with Crippen molar-refractivity contribution >= 4 is 27.5 Å². The van der Waals surface area contributed by atoms with E-state index in [1.807, 2.05) is 37.3 Å². The fourth-order valence-electron chi connectivity index (χ4n) is 3.51. The van der Waals surface area contributed by atoms with E-state index < -0.39 is 34.3 Å². The van der Waals surface area contributed by atoms with Gasteiger partial charge in [-0.1, -0.05) is 56.3 Å². The van der Waals surface area contributed by atoms with Gasteiger partial charge in [0.05, 0.1) is 11.9 Å². The lowest BCUT2D eigenvalue weighted by Gasteiger charge is -2.32. The molecule has 0 saturated heterocycles. The van der Waals surface area contributed by atoms with Crippen LogP contribution in [0.5, 0.6) is 0 Å². The van der Waals surface area contributed by atoms with Gasteiger partial charge in [-0.25, -0.2) is 12.8 Å². The summed E-state index contributed by atoms with van der Waals surface area (Å²) in [6, 6.07) is 14.1. The van der Waals surface area contributed by atoms with Gasteiger partial charge in [-0.05, 0) is 37.0 Å². The van der Waals surface area contributed by atoms with Gasteiger partial charge in [0.1, 0.15) is 18.4 Å². The number of carbonyl (C=O) groups excluding carboxylic acids is 2. The highest BCUT2D eigenvalue weighted by Gasteiger charge is 2.31. The van der Waals surface area contributed by atoms with Crippen molar-refractivity contribution in [1.82, 2.24) is 10.2 Å². The Morgan fingerprint density at radius 1 is 1.03 bits per heavy atom. The maximum absolute atomic E-state index is 14.4. The largest absolute Gasteiger partial charge is 0.354 e. The van der Waals surface area contributed by atoms with Gasteiger partial charge in [0.15, 0.2) is 0 Å². The molecule has 0 aliphatic carbocycles. The van der Waals surface area contributed by atoms with Crippen molar-refractivity contribution in [1.29, 1.82) is 0 Å². The van der Waals surface area contributed by atoms with Crippen LogP contribution in [0.15, 0.2) is 54.6 Å². The number of nitrogens with zero attached hydrogens (tertiary/aromatic N) is 2. The molecule has 0 aromatic heterocycles. The van der Waals surface area contributed by atoms with Crippen LogP contribution in [0, 0.1) is 5.82 Å². The fraction of sp³-hybridized carbons (Fsp3) is 0.417. The summed E-state index contributed by atoms with van der Waals surface area (Å²) in [5, 5.41) is 2.82. The van der Waals surface area contributed by atoms with E-state index in [0.29, 0.717) is 19.4 Å². The van der Waals surface area contributed by atoms with Crippen LogP contribution < -0.4 is 9.62 Å². The van der Waals surface area contributed by atoms with Gasteiger partial charge in [-0.15, -0.1) is 0 Å². The van der Waals surface area contributed by atoms with Gasteiger partial charge in [0.25, 0.3) is 0 Å². The minimum absolute atomic E-state index is 0.208. The maximum atomic E-state index is 14.4. The number of rotatable bonds is 12. The Bertz CT molecular complexity index is 1030. The van der Waals surface area contributed by atoms with Crippen molar-refractivity contribution in [2.45, 2.75) is 39.2 Å². The van der Waals surface area contributed by atoms with Gasteiger partial charge < -0.3 is 10.2 Å². The minimum atomic E-state index is -3.96. The van der Waals surface area contributed by atoms with Gasteiger partial charge in [0, 0.05) is 13.1 Å². The zero-order valence-corrected chi connectivity index (χ0v) is 20.1. The topological polar surface area (TPSA) is 86.8 Å². The number of carbonyl (C=O) groups is 2. The highest BCUT2D eigenvalue weighted by Crippen LogP contribution is 2.22. The average Bonchev–Trinajstić information content (AvgIpc) is 2.79. The number of benzene rings is 2. The molecule has 0 aliphatic rings. The minimum Gasteiger partial charge on any atom is -0.354 e. The zero-order chi connectivity index (χ0) is 24.4. The van der Waals surface area contributed by atoms with Crippen molar-refractivity contribution in [2.24, 2.45) is 0 Å². The molecule has 1 unspecified atom stereocenters. The van der Waals surface area contributed by atoms with Crippen molar-refractivity contribution in [3.8, 4) is 0 Å². The monoisotopic (exact) mass is 477 g/mol. The molecule has 1 N–H and O–H groups in total. The maximum Gasteiger partial charge on any atom is 0.244 e. The van der Waals surface area contributed by atoms with E-state index in [1.165, 1.54) is 23.1 Å². The summed E-state index contributed by atoms with van der Waals surface area (Å²) in [7, 11) is -3.96. The van der Waals surface area contributed by atoms with Crippen LogP contribution in [-0.2, 0) is 26.0 Å². The molecule has 1 atom stereocenters. The van der Waals surface area contributed by atoms with E-state index in [4.69, 9.17) is 0 Å². The van der Waals surface area contributed by atoms with E-state index >= 15 is 0 Å². The average molecular weight is 478 g/mol. The SMILES string of the molecule is CCCNC(=O)C(CC)N(CCc1ccccc1)C(=O)CN(c1ccccc1F)S(C)(=O)=O. The van der Waals surface area contributed by atoms with Crippen LogP contribution in [-0.4, -0.2) is 57.1 Å². The number of anilines is 1. The molecule has 0 aliphatic heterocycles. The summed E-state index contributed by atoms with van der Waals surface area (Å²) < 4.78 is 40.0. The lowest BCUT2D eigenvalue weighted by Crippen LogP contribution is -2.53. The molecule has 0 spiro atoms. The highest BCUT2D eigenvalue weighted by molar-refractivity contribution is 7.92. The Balaban J connectivity index is 2.35. The number of sulfonamides is 1. The second-order valence-electron chi connectivity index (χ2n) is 7.76. The predicted molar refractivity (Wildman–Crippen MR) is 128 cm³/mol. The van der Waals surface area contributed by atoms with E-state index in [0.717, 1.165) is 28.6 Å². The molecular weight excluding hydrogens is 445 g/mol. The van der Waals surface area contributed by atoms with Crippen LogP contribution in [0.25, 0.3) is 0 Å². The Morgan fingerprint density at radius 2 is 1.67 bits per heavy atom. The quantitative estimate of drug-likeness (QED) is 0.509. The first-order chi connectivity index (χ1) is 15.7. The number of nitrogens with one attached hydrogen (secondary N) is 1. The molecule has 0 heterocycles. The van der Waals surface area contributed by atoms with Crippen molar-refractivity contribution in [2.75, 3.05) is 30.2 Å². The fourth-order valence-corrected chi connectivity index (χ4v) is 4.36. The Kier molecular flexibility index (Phi) is 9.84. The second-order valence-corrected chi connectivity index (χ2v) is 9.67. The van der Waals surface area contributed by atoms with Gasteiger partial charge in [-0.3, -0.25) is 13.9 Å². The van der Waals surface area contributed by atoms with Gasteiger partial charge in [0.2, 0.25) is 21.8 Å². The summed E-state index contributed by atoms with van der Waals surface area (Å²) >= 11 is 0. The van der Waals surface area contributed by atoms with Crippen LogP contribution in [0.1, 0.15) is 32.3 Å². The number of hydrogen-bond acceptors (Lipinski definition) is 4. The van der Waals surface area contributed by atoms with E-state index in [1.54, 1.807) is 6.92 Å². The summed E-state index contributed by atoms with van der Waals surface area (Å²) in [6.07, 6.45) is 2.51. The first-order valence-electron chi connectivity index (χ1n) is 11.0. The Hall–Kier alpha value is -2.94. The number of para-hydroxylation sites is 1. The smallest absolute Gasteiger partial charge is 0.244 e. The molecular formula is C24H32FN3O4S. The Labute approximate surface area is 195 Å². The van der Waals surface area contributed by atoms with Crippen molar-refractivity contribution < 1.29 is 22.4 Å². The number of halogens is 1. The first-order valence-corrected chi connectivity index (χ1v) is 12.9.